The molecule has 0 atom stereocenters. The molecule has 1 amide bonds. The highest BCUT2D eigenvalue weighted by molar-refractivity contribution is 6.36. The quantitative estimate of drug-likeness (QED) is 0.466. The summed E-state index contributed by atoms with van der Waals surface area (Å²) >= 11 is 12.1. The number of nitrogens with zero attached hydrogens (tertiary/aromatic N) is 5. The van der Waals surface area contributed by atoms with Crippen molar-refractivity contribution in [2.24, 2.45) is 0 Å². The fraction of sp³-hybridized carbons (Fsp3) is 0.200. The molecule has 0 aliphatic heterocycles. The number of nitrogens with one attached hydrogen (secondary N) is 1. The van der Waals surface area contributed by atoms with Gasteiger partial charge in [0.1, 0.15) is 0 Å². The molecule has 0 radical (unpaired) electrons. The van der Waals surface area contributed by atoms with Crippen LogP contribution in [0.2, 0.25) is 10.0 Å². The summed E-state index contributed by atoms with van der Waals surface area (Å²) in [6.07, 6.45) is 5.16. The third kappa shape index (κ3) is 4.10. The minimum atomic E-state index is -0.412. The van der Waals surface area contributed by atoms with Gasteiger partial charge < -0.3 is 9.84 Å². The molecule has 3 aromatic heterocycles. The molecule has 0 unspecified atom stereocenters. The molecule has 3 heterocycles. The van der Waals surface area contributed by atoms with Gasteiger partial charge in [-0.15, -0.1) is 0 Å². The van der Waals surface area contributed by atoms with Gasteiger partial charge in [-0.2, -0.15) is 10.2 Å². The first-order valence-corrected chi connectivity index (χ1v) is 9.97. The van der Waals surface area contributed by atoms with Gasteiger partial charge in [0.2, 0.25) is 0 Å². The van der Waals surface area contributed by atoms with Gasteiger partial charge in [-0.05, 0) is 32.0 Å². The van der Waals surface area contributed by atoms with Crippen LogP contribution in [0.5, 0.6) is 0 Å². The summed E-state index contributed by atoms with van der Waals surface area (Å²) in [6.45, 7) is 5.44. The molecule has 0 fully saturated rings. The van der Waals surface area contributed by atoms with Gasteiger partial charge in [0.25, 0.3) is 5.91 Å². The van der Waals surface area contributed by atoms with Gasteiger partial charge in [0.05, 0.1) is 29.6 Å². The molecule has 4 rings (SSSR count). The number of hydrogen-bond donors (Lipinski definition) is 1. The second kappa shape index (κ2) is 8.33. The van der Waals surface area contributed by atoms with E-state index in [1.54, 1.807) is 35.3 Å². The number of rotatable bonds is 6. The Morgan fingerprint density at radius 2 is 2.03 bits per heavy atom. The summed E-state index contributed by atoms with van der Waals surface area (Å²) < 4.78 is 8.94. The molecular formula is C20H18Cl2N6O2. The topological polar surface area (TPSA) is 90.8 Å². The van der Waals surface area contributed by atoms with Gasteiger partial charge in [-0.1, -0.05) is 28.4 Å². The number of anilines is 1. The minimum Gasteiger partial charge on any atom is -0.355 e. The summed E-state index contributed by atoms with van der Waals surface area (Å²) in [7, 11) is 0. The van der Waals surface area contributed by atoms with Crippen molar-refractivity contribution < 1.29 is 9.32 Å². The Hall–Kier alpha value is -3.10. The highest BCUT2D eigenvalue weighted by Crippen LogP contribution is 2.30. The van der Waals surface area contributed by atoms with Crippen LogP contribution in [0, 0.1) is 6.92 Å². The molecule has 0 saturated heterocycles. The Morgan fingerprint density at radius 3 is 2.77 bits per heavy atom. The predicted molar refractivity (Wildman–Crippen MR) is 114 cm³/mol. The van der Waals surface area contributed by atoms with E-state index < -0.39 is 5.91 Å². The van der Waals surface area contributed by atoms with E-state index in [0.29, 0.717) is 33.6 Å². The van der Waals surface area contributed by atoms with Gasteiger partial charge in [-0.3, -0.25) is 14.2 Å². The van der Waals surface area contributed by atoms with Crippen LogP contribution in [0.3, 0.4) is 0 Å². The van der Waals surface area contributed by atoms with E-state index in [-0.39, 0.29) is 5.69 Å². The lowest BCUT2D eigenvalue weighted by molar-refractivity contribution is 0.101. The zero-order chi connectivity index (χ0) is 21.3. The molecule has 0 aliphatic carbocycles. The van der Waals surface area contributed by atoms with Crippen LogP contribution in [0.25, 0.3) is 11.3 Å². The first kappa shape index (κ1) is 20.2. The molecule has 0 aliphatic rings. The Morgan fingerprint density at radius 1 is 1.20 bits per heavy atom. The molecule has 1 N–H and O–H groups in total. The standard InChI is InChI=1S/C20H18Cl2N6O2/c1-3-28-12(2)13(8-24-28)10-27-11-15(9-23-27)25-20(29)18-7-19(30-26-18)16-5-4-14(21)6-17(16)22/h4-9,11H,3,10H2,1-2H3,(H,25,29). The van der Waals surface area contributed by atoms with Crippen molar-refractivity contribution in [3.8, 4) is 11.3 Å². The van der Waals surface area contributed by atoms with Crippen molar-refractivity contribution in [2.45, 2.75) is 26.9 Å². The van der Waals surface area contributed by atoms with Crippen LogP contribution in [-0.2, 0) is 13.1 Å². The van der Waals surface area contributed by atoms with Crippen molar-refractivity contribution in [1.29, 1.82) is 0 Å². The van der Waals surface area contributed by atoms with Crippen LogP contribution in [0.1, 0.15) is 28.7 Å². The summed E-state index contributed by atoms with van der Waals surface area (Å²) in [5, 5.41) is 16.2. The Kier molecular flexibility index (Phi) is 5.61. The van der Waals surface area contributed by atoms with E-state index in [1.807, 2.05) is 24.7 Å². The fourth-order valence-corrected chi connectivity index (χ4v) is 3.54. The van der Waals surface area contributed by atoms with E-state index in [2.05, 4.69) is 20.7 Å². The first-order valence-electron chi connectivity index (χ1n) is 9.22. The maximum Gasteiger partial charge on any atom is 0.277 e. The summed E-state index contributed by atoms with van der Waals surface area (Å²) in [5.74, 6) is -0.0365. The number of aromatic nitrogens is 5. The van der Waals surface area contributed by atoms with Crippen molar-refractivity contribution in [2.75, 3.05) is 5.32 Å². The van der Waals surface area contributed by atoms with E-state index in [9.17, 15) is 4.79 Å². The van der Waals surface area contributed by atoms with Crippen molar-refractivity contribution in [3.05, 3.63) is 69.9 Å². The van der Waals surface area contributed by atoms with Crippen LogP contribution in [0.15, 0.2) is 47.4 Å². The van der Waals surface area contributed by atoms with Crippen LogP contribution >= 0.6 is 23.2 Å². The third-order valence-corrected chi connectivity index (χ3v) is 5.22. The lowest BCUT2D eigenvalue weighted by Crippen LogP contribution is -2.11. The summed E-state index contributed by atoms with van der Waals surface area (Å²) in [4.78, 5) is 12.5. The second-order valence-corrected chi connectivity index (χ2v) is 7.50. The summed E-state index contributed by atoms with van der Waals surface area (Å²) in [6, 6.07) is 6.52. The largest absolute Gasteiger partial charge is 0.355 e. The molecule has 1 aromatic carbocycles. The number of carbonyl (C=O) groups excluding carboxylic acids is 1. The number of benzene rings is 1. The van der Waals surface area contributed by atoms with E-state index in [1.165, 1.54) is 6.07 Å². The Labute approximate surface area is 182 Å². The molecule has 0 bridgehead atoms. The van der Waals surface area contributed by atoms with Crippen molar-refractivity contribution in [3.63, 3.8) is 0 Å². The van der Waals surface area contributed by atoms with Gasteiger partial charge in [0, 0.05) is 40.7 Å². The second-order valence-electron chi connectivity index (χ2n) is 6.65. The van der Waals surface area contributed by atoms with E-state index in [4.69, 9.17) is 27.7 Å². The number of hydrogen-bond acceptors (Lipinski definition) is 5. The van der Waals surface area contributed by atoms with Crippen LogP contribution < -0.4 is 5.32 Å². The number of amides is 1. The molecule has 8 nitrogen and oxygen atoms in total. The third-order valence-electron chi connectivity index (χ3n) is 4.67. The molecule has 30 heavy (non-hydrogen) atoms. The summed E-state index contributed by atoms with van der Waals surface area (Å²) in [5.41, 5.74) is 3.44. The smallest absolute Gasteiger partial charge is 0.277 e. The van der Waals surface area contributed by atoms with Gasteiger partial charge >= 0.3 is 0 Å². The minimum absolute atomic E-state index is 0.129. The first-order chi connectivity index (χ1) is 14.4. The molecule has 10 heteroatoms. The molecule has 0 spiro atoms. The normalized spacial score (nSPS) is 11.1. The Balaban J connectivity index is 1.45. The van der Waals surface area contributed by atoms with Gasteiger partial charge in [0.15, 0.2) is 11.5 Å². The lowest BCUT2D eigenvalue weighted by Gasteiger charge is -2.03. The number of halogens is 2. The molecule has 154 valence electrons. The van der Waals surface area contributed by atoms with E-state index >= 15 is 0 Å². The average Bonchev–Trinajstić information content (AvgIpc) is 3.44. The molecule has 4 aromatic rings. The maximum atomic E-state index is 12.5. The highest BCUT2D eigenvalue weighted by Gasteiger charge is 2.17. The van der Waals surface area contributed by atoms with Crippen LogP contribution in [-0.4, -0.2) is 30.6 Å². The fourth-order valence-electron chi connectivity index (χ4n) is 3.04. The number of carbonyl (C=O) groups is 1. The van der Waals surface area contributed by atoms with E-state index in [0.717, 1.165) is 17.8 Å². The predicted octanol–water partition coefficient (Wildman–Crippen LogP) is 4.67. The molecular weight excluding hydrogens is 427 g/mol. The maximum absolute atomic E-state index is 12.5. The number of aryl methyl sites for hydroxylation is 1. The monoisotopic (exact) mass is 444 g/mol. The molecule has 0 saturated carbocycles. The van der Waals surface area contributed by atoms with Crippen LogP contribution in [0.4, 0.5) is 5.69 Å². The van der Waals surface area contributed by atoms with Crippen molar-refractivity contribution >= 4 is 34.8 Å². The van der Waals surface area contributed by atoms with Crippen molar-refractivity contribution in [1.82, 2.24) is 24.7 Å². The lowest BCUT2D eigenvalue weighted by atomic mass is 10.1. The SMILES string of the molecule is CCn1ncc(Cn2cc(NC(=O)c3cc(-c4ccc(Cl)cc4Cl)on3)cn2)c1C. The highest BCUT2D eigenvalue weighted by atomic mass is 35.5. The van der Waals surface area contributed by atoms with Gasteiger partial charge in [-0.25, -0.2) is 0 Å². The zero-order valence-corrected chi connectivity index (χ0v) is 17.8. The average molecular weight is 445 g/mol. The Bertz CT molecular complexity index is 1210. The zero-order valence-electron chi connectivity index (χ0n) is 16.3.